The van der Waals surface area contributed by atoms with Crippen molar-refractivity contribution in [3.8, 4) is 0 Å². The Balaban J connectivity index is 1.87. The quantitative estimate of drug-likeness (QED) is 0.413. The molecule has 0 saturated carbocycles. The van der Waals surface area contributed by atoms with Crippen LogP contribution in [0.1, 0.15) is 37.5 Å². The van der Waals surface area contributed by atoms with E-state index in [9.17, 15) is 23.1 Å². The third-order valence-electron chi connectivity index (χ3n) is 5.58. The van der Waals surface area contributed by atoms with Gasteiger partial charge in [0.2, 0.25) is 5.91 Å². The number of furan rings is 1. The molecular weight excluding hydrogens is 442 g/mol. The number of aliphatic carboxylic acids is 1. The van der Waals surface area contributed by atoms with E-state index in [2.05, 4.69) is 5.32 Å². The molecule has 176 valence electrons. The lowest BCUT2D eigenvalue weighted by Crippen LogP contribution is -2.45. The van der Waals surface area contributed by atoms with Gasteiger partial charge >= 0.3 is 5.97 Å². The summed E-state index contributed by atoms with van der Waals surface area (Å²) < 4.78 is 31.0. The number of carboxylic acids is 1. The number of rotatable bonds is 12. The van der Waals surface area contributed by atoms with Crippen molar-refractivity contribution in [2.45, 2.75) is 44.4 Å². The lowest BCUT2D eigenvalue weighted by molar-refractivity contribution is -0.142. The molecule has 2 N–H and O–H groups in total. The van der Waals surface area contributed by atoms with Gasteiger partial charge in [0, 0.05) is 0 Å². The van der Waals surface area contributed by atoms with Crippen molar-refractivity contribution in [3.05, 3.63) is 72.2 Å². The molecule has 0 spiro atoms. The highest BCUT2D eigenvalue weighted by atomic mass is 32.2. The Morgan fingerprint density at radius 2 is 1.82 bits per heavy atom. The Kier molecular flexibility index (Phi) is 8.27. The molecule has 3 rings (SSSR count). The molecule has 2 atom stereocenters. The summed E-state index contributed by atoms with van der Waals surface area (Å²) in [7, 11) is -3.70. The van der Waals surface area contributed by atoms with Crippen molar-refractivity contribution >= 4 is 32.5 Å². The van der Waals surface area contributed by atoms with Crippen LogP contribution < -0.4 is 5.32 Å². The fraction of sp³-hybridized carbons (Fsp3) is 0.360. The first-order valence-electron chi connectivity index (χ1n) is 11.0. The predicted molar refractivity (Wildman–Crippen MR) is 126 cm³/mol. The summed E-state index contributed by atoms with van der Waals surface area (Å²) in [6.45, 7) is 1.94. The topological polar surface area (TPSA) is 114 Å². The van der Waals surface area contributed by atoms with E-state index in [0.29, 0.717) is 12.2 Å². The normalized spacial score (nSPS) is 13.5. The number of nitrogens with one attached hydrogen (secondary N) is 1. The Hall–Kier alpha value is -3.13. The number of carboxylic acid groups (broad SMARTS) is 1. The Labute approximate surface area is 193 Å². The van der Waals surface area contributed by atoms with Crippen molar-refractivity contribution in [2.24, 2.45) is 5.92 Å². The fourth-order valence-corrected chi connectivity index (χ4v) is 5.49. The number of hydrogen-bond acceptors (Lipinski definition) is 5. The van der Waals surface area contributed by atoms with Crippen LogP contribution in [0.5, 0.6) is 0 Å². The van der Waals surface area contributed by atoms with E-state index < -0.39 is 39.4 Å². The SMILES string of the molecule is CCCC[C@H](NC(=O)[C@H](Cc1cccc2ccccc12)CS(=O)(=O)Cc1ccco1)C(=O)O. The molecule has 1 heterocycles. The Bertz CT molecular complexity index is 1180. The number of amides is 1. The van der Waals surface area contributed by atoms with Gasteiger partial charge in [-0.3, -0.25) is 4.79 Å². The molecule has 7 nitrogen and oxygen atoms in total. The number of sulfone groups is 1. The minimum Gasteiger partial charge on any atom is -0.480 e. The number of carbonyl (C=O) groups excluding carboxylic acids is 1. The van der Waals surface area contributed by atoms with Crippen LogP contribution in [-0.4, -0.2) is 37.2 Å². The van der Waals surface area contributed by atoms with Crippen molar-refractivity contribution in [1.29, 1.82) is 0 Å². The monoisotopic (exact) mass is 471 g/mol. The van der Waals surface area contributed by atoms with Crippen LogP contribution in [0.2, 0.25) is 0 Å². The van der Waals surface area contributed by atoms with Crippen LogP contribution in [0.15, 0.2) is 65.3 Å². The first-order valence-corrected chi connectivity index (χ1v) is 12.8. The molecule has 1 amide bonds. The maximum absolute atomic E-state index is 13.2. The number of benzene rings is 2. The molecule has 0 radical (unpaired) electrons. The summed E-state index contributed by atoms with van der Waals surface area (Å²) in [5, 5.41) is 14.0. The van der Waals surface area contributed by atoms with Crippen LogP contribution >= 0.6 is 0 Å². The number of carbonyl (C=O) groups is 2. The first kappa shape index (κ1) is 24.5. The van der Waals surface area contributed by atoms with E-state index >= 15 is 0 Å². The van der Waals surface area contributed by atoms with Crippen molar-refractivity contribution < 1.29 is 27.5 Å². The van der Waals surface area contributed by atoms with Gasteiger partial charge in [-0.15, -0.1) is 0 Å². The van der Waals surface area contributed by atoms with Gasteiger partial charge in [-0.25, -0.2) is 13.2 Å². The van der Waals surface area contributed by atoms with Gasteiger partial charge in [0.15, 0.2) is 9.84 Å². The molecule has 2 aromatic carbocycles. The van der Waals surface area contributed by atoms with Crippen molar-refractivity contribution in [2.75, 3.05) is 5.75 Å². The molecule has 33 heavy (non-hydrogen) atoms. The molecule has 0 aliphatic heterocycles. The van der Waals surface area contributed by atoms with Gasteiger partial charge in [-0.1, -0.05) is 62.2 Å². The highest BCUT2D eigenvalue weighted by Crippen LogP contribution is 2.23. The van der Waals surface area contributed by atoms with Crippen LogP contribution in [0, 0.1) is 5.92 Å². The van der Waals surface area contributed by atoms with E-state index in [-0.39, 0.29) is 18.6 Å². The summed E-state index contributed by atoms with van der Waals surface area (Å²) in [6.07, 6.45) is 3.29. The molecule has 1 aromatic heterocycles. The third-order valence-corrected chi connectivity index (χ3v) is 7.21. The summed E-state index contributed by atoms with van der Waals surface area (Å²) >= 11 is 0. The van der Waals surface area contributed by atoms with Crippen molar-refractivity contribution in [3.63, 3.8) is 0 Å². The lowest BCUT2D eigenvalue weighted by atomic mass is 9.95. The van der Waals surface area contributed by atoms with Crippen LogP contribution in [0.25, 0.3) is 10.8 Å². The Morgan fingerprint density at radius 1 is 1.06 bits per heavy atom. The lowest BCUT2D eigenvalue weighted by Gasteiger charge is -2.21. The number of unbranched alkanes of at least 4 members (excludes halogenated alkanes) is 1. The molecule has 0 unspecified atom stereocenters. The second-order valence-corrected chi connectivity index (χ2v) is 10.3. The zero-order valence-corrected chi connectivity index (χ0v) is 19.4. The molecule has 3 aromatic rings. The van der Waals surface area contributed by atoms with Crippen LogP contribution in [0.3, 0.4) is 0 Å². The van der Waals surface area contributed by atoms with Crippen molar-refractivity contribution in [1.82, 2.24) is 5.32 Å². The molecule has 0 saturated heterocycles. The smallest absolute Gasteiger partial charge is 0.326 e. The Morgan fingerprint density at radius 3 is 2.52 bits per heavy atom. The third kappa shape index (κ3) is 6.92. The van der Waals surface area contributed by atoms with Gasteiger partial charge in [0.25, 0.3) is 0 Å². The van der Waals surface area contributed by atoms with E-state index in [4.69, 9.17) is 4.42 Å². The second-order valence-electron chi connectivity index (χ2n) is 8.21. The zero-order chi connectivity index (χ0) is 23.8. The van der Waals surface area contributed by atoms with E-state index in [1.54, 1.807) is 12.1 Å². The van der Waals surface area contributed by atoms with Gasteiger partial charge in [-0.2, -0.15) is 0 Å². The molecular formula is C25H29NO6S. The van der Waals surface area contributed by atoms with E-state index in [1.807, 2.05) is 49.4 Å². The summed E-state index contributed by atoms with van der Waals surface area (Å²) in [4.78, 5) is 24.8. The molecule has 0 bridgehead atoms. The van der Waals surface area contributed by atoms with Crippen LogP contribution in [0.4, 0.5) is 0 Å². The largest absolute Gasteiger partial charge is 0.480 e. The van der Waals surface area contributed by atoms with Gasteiger partial charge in [-0.05, 0) is 41.3 Å². The highest BCUT2D eigenvalue weighted by molar-refractivity contribution is 7.90. The van der Waals surface area contributed by atoms with Crippen LogP contribution in [-0.2, 0) is 31.6 Å². The standard InChI is InChI=1S/C25H29NO6S/c1-2-3-13-23(25(28)29)26-24(27)20(16-33(30,31)17-21-11-7-14-32-21)15-19-10-6-9-18-8-4-5-12-22(18)19/h4-12,14,20,23H,2-3,13,15-17H2,1H3,(H,26,27)(H,28,29)/t20-,23+/m1/s1. The van der Waals surface area contributed by atoms with E-state index in [0.717, 1.165) is 22.8 Å². The maximum Gasteiger partial charge on any atom is 0.326 e. The van der Waals surface area contributed by atoms with E-state index in [1.165, 1.54) is 6.26 Å². The average Bonchev–Trinajstić information content (AvgIpc) is 3.28. The average molecular weight is 472 g/mol. The molecule has 0 fully saturated rings. The summed E-state index contributed by atoms with van der Waals surface area (Å²) in [6, 6.07) is 15.5. The predicted octanol–water partition coefficient (Wildman–Crippen LogP) is 3.97. The fourth-order valence-electron chi connectivity index (χ4n) is 3.90. The summed E-state index contributed by atoms with van der Waals surface area (Å²) in [5.74, 6) is -3.08. The van der Waals surface area contributed by atoms with Gasteiger partial charge < -0.3 is 14.8 Å². The highest BCUT2D eigenvalue weighted by Gasteiger charge is 2.30. The molecule has 0 aliphatic rings. The molecule has 8 heteroatoms. The minimum absolute atomic E-state index is 0.171. The number of fused-ring (bicyclic) bond motifs is 1. The van der Waals surface area contributed by atoms with Gasteiger partial charge in [0.1, 0.15) is 17.6 Å². The van der Waals surface area contributed by atoms with Gasteiger partial charge in [0.05, 0.1) is 17.9 Å². The second kappa shape index (κ2) is 11.1. The minimum atomic E-state index is -3.70. The first-order chi connectivity index (χ1) is 15.8. The number of hydrogen-bond donors (Lipinski definition) is 2. The maximum atomic E-state index is 13.2. The zero-order valence-electron chi connectivity index (χ0n) is 18.6. The molecule has 0 aliphatic carbocycles. The summed E-state index contributed by atoms with van der Waals surface area (Å²) in [5.41, 5.74) is 0.835.